The Labute approximate surface area is 76.3 Å². The van der Waals surface area contributed by atoms with Crippen LogP contribution in [-0.2, 0) is 0 Å². The normalized spacial score (nSPS) is 9.69. The molecule has 0 spiro atoms. The molecule has 0 aliphatic heterocycles. The van der Waals surface area contributed by atoms with Crippen LogP contribution in [0.15, 0.2) is 18.2 Å². The molecule has 1 aromatic rings. The maximum absolute atomic E-state index is 11.8. The van der Waals surface area contributed by atoms with Crippen molar-refractivity contribution in [1.82, 2.24) is 0 Å². The highest BCUT2D eigenvalue weighted by atomic mass is 19.1. The Morgan fingerprint density at radius 1 is 1.38 bits per heavy atom. The zero-order chi connectivity index (χ0) is 9.68. The predicted molar refractivity (Wildman–Crippen MR) is 48.9 cm³/mol. The van der Waals surface area contributed by atoms with Gasteiger partial charge in [-0.2, -0.15) is 0 Å². The first kappa shape index (κ1) is 9.64. The molecule has 0 aliphatic carbocycles. The Kier molecular flexibility index (Phi) is 3.37. The third-order valence-corrected chi connectivity index (χ3v) is 1.52. The SMILES string of the molecule is COc1ccc(N)cc1OCCF. The Hall–Kier alpha value is -1.45. The summed E-state index contributed by atoms with van der Waals surface area (Å²) in [7, 11) is 1.52. The van der Waals surface area contributed by atoms with E-state index in [1.807, 2.05) is 0 Å². The Morgan fingerprint density at radius 3 is 2.77 bits per heavy atom. The zero-order valence-corrected chi connectivity index (χ0v) is 7.42. The highest BCUT2D eigenvalue weighted by Crippen LogP contribution is 2.28. The van der Waals surface area contributed by atoms with Gasteiger partial charge in [0.2, 0.25) is 0 Å². The number of methoxy groups -OCH3 is 1. The molecule has 13 heavy (non-hydrogen) atoms. The molecule has 4 heteroatoms. The van der Waals surface area contributed by atoms with Crippen LogP contribution in [0.2, 0.25) is 0 Å². The van der Waals surface area contributed by atoms with Crippen LogP contribution >= 0.6 is 0 Å². The van der Waals surface area contributed by atoms with Gasteiger partial charge in [0, 0.05) is 11.8 Å². The topological polar surface area (TPSA) is 44.5 Å². The van der Waals surface area contributed by atoms with Gasteiger partial charge in [-0.3, -0.25) is 0 Å². The van der Waals surface area contributed by atoms with E-state index in [9.17, 15) is 4.39 Å². The second-order valence-corrected chi connectivity index (χ2v) is 2.45. The number of rotatable bonds is 4. The van der Waals surface area contributed by atoms with Gasteiger partial charge in [-0.15, -0.1) is 0 Å². The lowest BCUT2D eigenvalue weighted by Crippen LogP contribution is -2.01. The van der Waals surface area contributed by atoms with Crippen molar-refractivity contribution < 1.29 is 13.9 Å². The first-order valence-electron chi connectivity index (χ1n) is 3.90. The number of nitrogens with two attached hydrogens (primary N) is 1. The van der Waals surface area contributed by atoms with Crippen molar-refractivity contribution in [2.24, 2.45) is 0 Å². The number of ether oxygens (including phenoxy) is 2. The molecular weight excluding hydrogens is 173 g/mol. The van der Waals surface area contributed by atoms with Crippen molar-refractivity contribution in [3.8, 4) is 11.5 Å². The summed E-state index contributed by atoms with van der Waals surface area (Å²) in [5, 5.41) is 0. The molecule has 0 amide bonds. The fourth-order valence-corrected chi connectivity index (χ4v) is 0.955. The maximum atomic E-state index is 11.8. The number of hydrogen-bond donors (Lipinski definition) is 1. The van der Waals surface area contributed by atoms with Crippen molar-refractivity contribution in [1.29, 1.82) is 0 Å². The van der Waals surface area contributed by atoms with Gasteiger partial charge in [0.25, 0.3) is 0 Å². The van der Waals surface area contributed by atoms with Crippen molar-refractivity contribution in [3.63, 3.8) is 0 Å². The summed E-state index contributed by atoms with van der Waals surface area (Å²) in [5.41, 5.74) is 6.09. The van der Waals surface area contributed by atoms with Crippen molar-refractivity contribution in [2.75, 3.05) is 26.1 Å². The van der Waals surface area contributed by atoms with Crippen molar-refractivity contribution in [2.45, 2.75) is 0 Å². The van der Waals surface area contributed by atoms with Gasteiger partial charge in [0.15, 0.2) is 11.5 Å². The summed E-state index contributed by atoms with van der Waals surface area (Å²) in [6, 6.07) is 4.98. The van der Waals surface area contributed by atoms with E-state index in [1.54, 1.807) is 18.2 Å². The Bertz CT molecular complexity index is 278. The summed E-state index contributed by atoms with van der Waals surface area (Å²) in [5.74, 6) is 1.03. The van der Waals surface area contributed by atoms with Crippen LogP contribution in [0.5, 0.6) is 11.5 Å². The quantitative estimate of drug-likeness (QED) is 0.725. The minimum atomic E-state index is -0.530. The molecule has 0 aliphatic rings. The summed E-state index contributed by atoms with van der Waals surface area (Å²) in [4.78, 5) is 0. The molecule has 0 saturated heterocycles. The average molecular weight is 185 g/mol. The molecule has 0 saturated carbocycles. The second-order valence-electron chi connectivity index (χ2n) is 2.45. The van der Waals surface area contributed by atoms with E-state index in [1.165, 1.54) is 7.11 Å². The molecule has 3 nitrogen and oxygen atoms in total. The van der Waals surface area contributed by atoms with Crippen molar-refractivity contribution >= 4 is 5.69 Å². The van der Waals surface area contributed by atoms with Gasteiger partial charge in [0.1, 0.15) is 13.3 Å². The number of anilines is 1. The Morgan fingerprint density at radius 2 is 2.15 bits per heavy atom. The van der Waals surface area contributed by atoms with Crippen LogP contribution in [0.4, 0.5) is 10.1 Å². The molecular formula is C9H12FNO2. The highest BCUT2D eigenvalue weighted by Gasteiger charge is 2.03. The molecule has 1 aromatic carbocycles. The monoisotopic (exact) mass is 185 g/mol. The van der Waals surface area contributed by atoms with Gasteiger partial charge < -0.3 is 15.2 Å². The average Bonchev–Trinajstić information content (AvgIpc) is 2.15. The fraction of sp³-hybridized carbons (Fsp3) is 0.333. The third-order valence-electron chi connectivity index (χ3n) is 1.52. The molecule has 0 fully saturated rings. The molecule has 1 rings (SSSR count). The summed E-state index contributed by atoms with van der Waals surface area (Å²) >= 11 is 0. The van der Waals surface area contributed by atoms with E-state index >= 15 is 0 Å². The number of hydrogen-bond acceptors (Lipinski definition) is 3. The molecule has 0 heterocycles. The molecule has 0 atom stereocenters. The van der Waals surface area contributed by atoms with E-state index in [2.05, 4.69) is 0 Å². The van der Waals surface area contributed by atoms with Crippen molar-refractivity contribution in [3.05, 3.63) is 18.2 Å². The van der Waals surface area contributed by atoms with E-state index in [0.29, 0.717) is 17.2 Å². The number of nitrogen functional groups attached to an aromatic ring is 1. The second kappa shape index (κ2) is 4.54. The molecule has 0 aromatic heterocycles. The lowest BCUT2D eigenvalue weighted by Gasteiger charge is -2.09. The first-order valence-corrected chi connectivity index (χ1v) is 3.90. The zero-order valence-electron chi connectivity index (χ0n) is 7.42. The molecule has 0 bridgehead atoms. The smallest absolute Gasteiger partial charge is 0.163 e. The van der Waals surface area contributed by atoms with E-state index in [4.69, 9.17) is 15.2 Å². The first-order chi connectivity index (χ1) is 6.27. The van der Waals surface area contributed by atoms with Crippen LogP contribution < -0.4 is 15.2 Å². The predicted octanol–water partition coefficient (Wildman–Crippen LogP) is 1.63. The molecule has 0 unspecified atom stereocenters. The van der Waals surface area contributed by atoms with Crippen LogP contribution in [0, 0.1) is 0 Å². The summed E-state index contributed by atoms with van der Waals surface area (Å²) < 4.78 is 21.9. The minimum Gasteiger partial charge on any atom is -0.493 e. The van der Waals surface area contributed by atoms with Gasteiger partial charge >= 0.3 is 0 Å². The van der Waals surface area contributed by atoms with E-state index < -0.39 is 6.67 Å². The molecule has 72 valence electrons. The number of alkyl halides is 1. The number of halogens is 1. The van der Waals surface area contributed by atoms with Crippen LogP contribution in [-0.4, -0.2) is 20.4 Å². The van der Waals surface area contributed by atoms with Crippen LogP contribution in [0.25, 0.3) is 0 Å². The van der Waals surface area contributed by atoms with Gasteiger partial charge in [0.05, 0.1) is 7.11 Å². The third kappa shape index (κ3) is 2.50. The lowest BCUT2D eigenvalue weighted by atomic mass is 10.3. The van der Waals surface area contributed by atoms with Crippen LogP contribution in [0.3, 0.4) is 0 Å². The summed E-state index contributed by atoms with van der Waals surface area (Å²) in [6.07, 6.45) is 0. The number of benzene rings is 1. The summed E-state index contributed by atoms with van der Waals surface area (Å²) in [6.45, 7) is -0.516. The fourth-order valence-electron chi connectivity index (χ4n) is 0.955. The largest absolute Gasteiger partial charge is 0.493 e. The van der Waals surface area contributed by atoms with Crippen LogP contribution in [0.1, 0.15) is 0 Å². The highest BCUT2D eigenvalue weighted by molar-refractivity contribution is 5.51. The van der Waals surface area contributed by atoms with Gasteiger partial charge in [-0.25, -0.2) is 4.39 Å². The minimum absolute atomic E-state index is 0.0137. The lowest BCUT2D eigenvalue weighted by molar-refractivity contribution is 0.260. The molecule has 2 N–H and O–H groups in total. The van der Waals surface area contributed by atoms with E-state index in [0.717, 1.165) is 0 Å². The van der Waals surface area contributed by atoms with E-state index in [-0.39, 0.29) is 6.61 Å². The van der Waals surface area contributed by atoms with Gasteiger partial charge in [-0.05, 0) is 12.1 Å². The van der Waals surface area contributed by atoms with Gasteiger partial charge in [-0.1, -0.05) is 0 Å². The maximum Gasteiger partial charge on any atom is 0.163 e. The Balaban J connectivity index is 2.81. The standard InChI is InChI=1S/C9H12FNO2/c1-12-8-3-2-7(11)6-9(8)13-5-4-10/h2-3,6H,4-5,11H2,1H3. The molecule has 0 radical (unpaired) electrons.